The summed E-state index contributed by atoms with van der Waals surface area (Å²) in [6.07, 6.45) is 0. The molecule has 10 aromatic carbocycles. The van der Waals surface area contributed by atoms with Crippen molar-refractivity contribution in [2.24, 2.45) is 0 Å². The second-order valence-corrected chi connectivity index (χ2v) is 16.0. The highest BCUT2D eigenvalue weighted by molar-refractivity contribution is 6.27. The fraction of sp³-hybridized carbons (Fsp3) is 0. The molecule has 0 N–H and O–H groups in total. The third kappa shape index (κ3) is 5.17. The van der Waals surface area contributed by atoms with Crippen molar-refractivity contribution >= 4 is 86.8 Å². The Morgan fingerprint density at radius 2 is 0.639 bits per heavy atom. The van der Waals surface area contributed by atoms with Crippen LogP contribution < -0.4 is 0 Å². The molecule has 13 aromatic rings. The predicted octanol–water partition coefficient (Wildman–Crippen LogP) is 16.0. The average molecular weight is 775 g/mol. The van der Waals surface area contributed by atoms with Gasteiger partial charge in [-0.15, -0.1) is 0 Å². The number of rotatable bonds is 4. The van der Waals surface area contributed by atoms with Crippen LogP contribution in [-0.4, -0.2) is 9.97 Å². The van der Waals surface area contributed by atoms with Gasteiger partial charge in [0.15, 0.2) is 0 Å². The normalized spacial score (nSPS) is 11.9. The molecule has 3 aromatic heterocycles. The number of para-hydroxylation sites is 2. The average Bonchev–Trinajstić information content (AvgIpc) is 3.70. The van der Waals surface area contributed by atoms with Gasteiger partial charge in [0.25, 0.3) is 0 Å². The van der Waals surface area contributed by atoms with Crippen LogP contribution in [0, 0.1) is 0 Å². The van der Waals surface area contributed by atoms with E-state index >= 15 is 0 Å². The monoisotopic (exact) mass is 774 g/mol. The SMILES string of the molecule is c1ccc(-c2nc3ccccc3c3c2cc(-c2ccc4oc5ccc(-c6cc7c(-c8ccccc8)nc8ccccc8c7c7ccccc67)cc5c4c2)c2ccccc23)cc1. The lowest BCUT2D eigenvalue weighted by molar-refractivity contribution is 0.669. The van der Waals surface area contributed by atoms with Crippen LogP contribution in [0.2, 0.25) is 0 Å². The first kappa shape index (κ1) is 33.8. The number of furan rings is 1. The zero-order valence-electron chi connectivity index (χ0n) is 32.9. The van der Waals surface area contributed by atoms with Gasteiger partial charge in [0.1, 0.15) is 11.2 Å². The van der Waals surface area contributed by atoms with E-state index in [1.54, 1.807) is 0 Å². The summed E-state index contributed by atoms with van der Waals surface area (Å²) in [6, 6.07) is 73.8. The molecule has 0 radical (unpaired) electrons. The largest absolute Gasteiger partial charge is 0.456 e. The van der Waals surface area contributed by atoms with Gasteiger partial charge in [-0.2, -0.15) is 0 Å². The Labute approximate surface area is 350 Å². The van der Waals surface area contributed by atoms with Crippen molar-refractivity contribution in [3.63, 3.8) is 0 Å². The van der Waals surface area contributed by atoms with E-state index in [0.717, 1.165) is 88.2 Å². The van der Waals surface area contributed by atoms with Crippen LogP contribution >= 0.6 is 0 Å². The molecule has 0 aliphatic carbocycles. The molecule has 13 rings (SSSR count). The Morgan fingerprint density at radius 3 is 1.08 bits per heavy atom. The first-order chi connectivity index (χ1) is 30.2. The zero-order chi connectivity index (χ0) is 40.0. The number of hydrogen-bond donors (Lipinski definition) is 0. The van der Waals surface area contributed by atoms with Gasteiger partial charge in [0.05, 0.1) is 22.4 Å². The summed E-state index contributed by atoms with van der Waals surface area (Å²) in [5.74, 6) is 0. The minimum absolute atomic E-state index is 0.865. The van der Waals surface area contributed by atoms with Crippen LogP contribution in [0.5, 0.6) is 0 Å². The lowest BCUT2D eigenvalue weighted by Gasteiger charge is -2.16. The summed E-state index contributed by atoms with van der Waals surface area (Å²) >= 11 is 0. The summed E-state index contributed by atoms with van der Waals surface area (Å²) in [5.41, 5.74) is 12.5. The van der Waals surface area contributed by atoms with Crippen molar-refractivity contribution in [2.75, 3.05) is 0 Å². The maximum atomic E-state index is 6.58. The molecule has 0 fully saturated rings. The Kier molecular flexibility index (Phi) is 7.31. The van der Waals surface area contributed by atoms with Gasteiger partial charge >= 0.3 is 0 Å². The molecule has 0 unspecified atom stereocenters. The Bertz CT molecular complexity index is 3670. The fourth-order valence-electron chi connectivity index (χ4n) is 9.85. The van der Waals surface area contributed by atoms with Crippen molar-refractivity contribution in [3.05, 3.63) is 206 Å². The third-order valence-corrected chi connectivity index (χ3v) is 12.6. The quantitative estimate of drug-likeness (QED) is 0.167. The van der Waals surface area contributed by atoms with Gasteiger partial charge < -0.3 is 4.42 Å². The Balaban J connectivity index is 1.06. The number of fused-ring (bicyclic) bond motifs is 13. The maximum absolute atomic E-state index is 6.58. The van der Waals surface area contributed by atoms with Gasteiger partial charge in [0, 0.05) is 54.2 Å². The molecular weight excluding hydrogens is 741 g/mol. The van der Waals surface area contributed by atoms with Crippen molar-refractivity contribution in [2.45, 2.75) is 0 Å². The van der Waals surface area contributed by atoms with E-state index in [1.165, 1.54) is 43.4 Å². The van der Waals surface area contributed by atoms with E-state index in [0.29, 0.717) is 0 Å². The van der Waals surface area contributed by atoms with Crippen LogP contribution in [0.15, 0.2) is 211 Å². The van der Waals surface area contributed by atoms with Gasteiger partial charge in [-0.3, -0.25) is 0 Å². The van der Waals surface area contributed by atoms with Crippen molar-refractivity contribution < 1.29 is 4.42 Å². The van der Waals surface area contributed by atoms with Crippen molar-refractivity contribution in [1.82, 2.24) is 9.97 Å². The molecule has 0 atom stereocenters. The first-order valence-corrected chi connectivity index (χ1v) is 20.8. The standard InChI is InChI=1S/C58H34N2O/c1-3-15-35(16-4-1)57-49-33-45(39-19-7-9-21-41(39)55(49)43-23-11-13-25-51(43)59-57)37-27-29-53-47(31-37)48-32-38(28-30-54(48)61-53)46-34-50-56(42-22-10-8-20-40(42)46)44-24-12-14-26-52(44)60-58(50)36-17-5-2-6-18-36/h1-34H. The highest BCUT2D eigenvalue weighted by atomic mass is 16.3. The molecule has 0 amide bonds. The summed E-state index contributed by atoms with van der Waals surface area (Å²) in [7, 11) is 0. The molecule has 61 heavy (non-hydrogen) atoms. The van der Waals surface area contributed by atoms with Gasteiger partial charge in [-0.1, -0.05) is 158 Å². The van der Waals surface area contributed by atoms with E-state index in [1.807, 2.05) is 0 Å². The lowest BCUT2D eigenvalue weighted by Crippen LogP contribution is -1.93. The smallest absolute Gasteiger partial charge is 0.135 e. The van der Waals surface area contributed by atoms with Crippen molar-refractivity contribution in [3.8, 4) is 44.8 Å². The first-order valence-electron chi connectivity index (χ1n) is 20.8. The summed E-state index contributed by atoms with van der Waals surface area (Å²) < 4.78 is 6.58. The highest BCUT2D eigenvalue weighted by Gasteiger charge is 2.20. The minimum atomic E-state index is 0.865. The molecule has 3 heteroatoms. The van der Waals surface area contributed by atoms with Gasteiger partial charge in [0.2, 0.25) is 0 Å². The minimum Gasteiger partial charge on any atom is -0.456 e. The van der Waals surface area contributed by atoms with Crippen LogP contribution in [0.3, 0.4) is 0 Å². The number of hydrogen-bond acceptors (Lipinski definition) is 3. The van der Waals surface area contributed by atoms with Crippen LogP contribution in [0.1, 0.15) is 0 Å². The van der Waals surface area contributed by atoms with Crippen LogP contribution in [-0.2, 0) is 0 Å². The van der Waals surface area contributed by atoms with Gasteiger partial charge in [-0.25, -0.2) is 9.97 Å². The topological polar surface area (TPSA) is 38.9 Å². The number of benzene rings is 10. The van der Waals surface area contributed by atoms with E-state index in [9.17, 15) is 0 Å². The molecule has 3 heterocycles. The number of pyridine rings is 2. The second-order valence-electron chi connectivity index (χ2n) is 16.0. The molecule has 0 saturated heterocycles. The Morgan fingerprint density at radius 1 is 0.262 bits per heavy atom. The van der Waals surface area contributed by atoms with Crippen molar-refractivity contribution in [1.29, 1.82) is 0 Å². The summed E-state index contributed by atoms with van der Waals surface area (Å²) in [5, 5.41) is 14.0. The van der Waals surface area contributed by atoms with Crippen LogP contribution in [0.25, 0.3) is 132 Å². The highest BCUT2D eigenvalue weighted by Crippen LogP contribution is 2.45. The van der Waals surface area contributed by atoms with E-state index < -0.39 is 0 Å². The predicted molar refractivity (Wildman–Crippen MR) is 256 cm³/mol. The lowest BCUT2D eigenvalue weighted by atomic mass is 9.89. The molecule has 0 aliphatic rings. The summed E-state index contributed by atoms with van der Waals surface area (Å²) in [4.78, 5) is 10.6. The fourth-order valence-corrected chi connectivity index (χ4v) is 9.85. The van der Waals surface area contributed by atoms with Crippen LogP contribution in [0.4, 0.5) is 0 Å². The number of aromatic nitrogens is 2. The van der Waals surface area contributed by atoms with E-state index in [-0.39, 0.29) is 0 Å². The molecule has 0 aliphatic heterocycles. The molecule has 3 nitrogen and oxygen atoms in total. The molecule has 0 bridgehead atoms. The van der Waals surface area contributed by atoms with E-state index in [2.05, 4.69) is 206 Å². The number of nitrogens with zero attached hydrogens (tertiary/aromatic N) is 2. The zero-order valence-corrected chi connectivity index (χ0v) is 32.9. The third-order valence-electron chi connectivity index (χ3n) is 12.6. The second kappa shape index (κ2) is 13.2. The molecule has 0 spiro atoms. The molecular formula is C58H34N2O. The van der Waals surface area contributed by atoms with E-state index in [4.69, 9.17) is 14.4 Å². The van der Waals surface area contributed by atoms with Gasteiger partial charge in [-0.05, 0) is 92.3 Å². The summed E-state index contributed by atoms with van der Waals surface area (Å²) in [6.45, 7) is 0. The maximum Gasteiger partial charge on any atom is 0.135 e. The molecule has 0 saturated carbocycles. The Hall–Kier alpha value is -8.14. The molecule has 282 valence electrons.